The number of aromatic nitrogens is 1. The third kappa shape index (κ3) is 4.22. The minimum absolute atomic E-state index is 0.117. The zero-order chi connectivity index (χ0) is 13.1. The van der Waals surface area contributed by atoms with Crippen molar-refractivity contribution in [1.29, 1.82) is 0 Å². The molecule has 0 aliphatic rings. The number of Topliss-reactive ketones (excluding diaryl/α,β-unsaturated/α-hetero) is 1. The van der Waals surface area contributed by atoms with E-state index in [1.54, 1.807) is 6.92 Å². The van der Waals surface area contributed by atoms with E-state index in [0.717, 1.165) is 6.20 Å². The van der Waals surface area contributed by atoms with Gasteiger partial charge in [-0.2, -0.15) is 13.2 Å². The molecule has 0 aliphatic carbocycles. The van der Waals surface area contributed by atoms with Crippen LogP contribution in [0.4, 0.5) is 13.2 Å². The first-order valence-electron chi connectivity index (χ1n) is 4.71. The number of alkyl halides is 3. The van der Waals surface area contributed by atoms with Crippen LogP contribution in [0.1, 0.15) is 23.7 Å². The van der Waals surface area contributed by atoms with Gasteiger partial charge >= 0.3 is 6.18 Å². The lowest BCUT2D eigenvalue weighted by atomic mass is 10.1. The summed E-state index contributed by atoms with van der Waals surface area (Å²) in [5.41, 5.74) is 0.247. The fourth-order valence-electron chi connectivity index (χ4n) is 1.04. The molecule has 1 heterocycles. The third-order valence-electron chi connectivity index (χ3n) is 1.82. The van der Waals surface area contributed by atoms with Gasteiger partial charge in [0.1, 0.15) is 5.02 Å². The molecule has 1 rings (SSSR count). The van der Waals surface area contributed by atoms with Gasteiger partial charge in [0.25, 0.3) is 0 Å². The molecule has 0 bridgehead atoms. The molecular formula is C10H9ClF3NO2. The van der Waals surface area contributed by atoms with Crippen LogP contribution in [0.5, 0.6) is 5.88 Å². The highest BCUT2D eigenvalue weighted by Crippen LogP contribution is 2.25. The summed E-state index contributed by atoms with van der Waals surface area (Å²) >= 11 is 5.65. The molecule has 17 heavy (non-hydrogen) atoms. The van der Waals surface area contributed by atoms with Gasteiger partial charge in [-0.15, -0.1) is 0 Å². The lowest BCUT2D eigenvalue weighted by molar-refractivity contribution is -0.154. The van der Waals surface area contributed by atoms with Crippen molar-refractivity contribution in [3.05, 3.63) is 22.8 Å². The molecule has 3 nitrogen and oxygen atoms in total. The topological polar surface area (TPSA) is 39.2 Å². The SMILES string of the molecule is CCC(=O)c1cnc(OCC(F)(F)F)c(Cl)c1. The minimum Gasteiger partial charge on any atom is -0.467 e. The highest BCUT2D eigenvalue weighted by atomic mass is 35.5. The highest BCUT2D eigenvalue weighted by molar-refractivity contribution is 6.32. The molecule has 0 aromatic carbocycles. The van der Waals surface area contributed by atoms with Crippen LogP contribution in [-0.2, 0) is 0 Å². The van der Waals surface area contributed by atoms with Crippen LogP contribution >= 0.6 is 11.6 Å². The number of pyridine rings is 1. The average Bonchev–Trinajstić information content (AvgIpc) is 2.25. The number of halogens is 4. The number of hydrogen-bond acceptors (Lipinski definition) is 3. The number of ketones is 1. The minimum atomic E-state index is -4.46. The van der Waals surface area contributed by atoms with E-state index >= 15 is 0 Å². The predicted molar refractivity (Wildman–Crippen MR) is 55.4 cm³/mol. The molecule has 0 radical (unpaired) electrons. The number of hydrogen-bond donors (Lipinski definition) is 0. The van der Waals surface area contributed by atoms with E-state index in [4.69, 9.17) is 11.6 Å². The second-order valence-corrected chi connectivity index (χ2v) is 3.60. The second kappa shape index (κ2) is 5.35. The summed E-state index contributed by atoms with van der Waals surface area (Å²) in [6.07, 6.45) is -3.05. The average molecular weight is 268 g/mol. The summed E-state index contributed by atoms with van der Waals surface area (Å²) in [5.74, 6) is -0.529. The maximum Gasteiger partial charge on any atom is 0.422 e. The van der Waals surface area contributed by atoms with Crippen LogP contribution in [0.25, 0.3) is 0 Å². The first-order chi connectivity index (χ1) is 7.83. The molecule has 0 aliphatic heterocycles. The number of carbonyl (C=O) groups is 1. The van der Waals surface area contributed by atoms with Crippen molar-refractivity contribution in [3.8, 4) is 5.88 Å². The smallest absolute Gasteiger partial charge is 0.422 e. The number of rotatable bonds is 4. The van der Waals surface area contributed by atoms with E-state index < -0.39 is 12.8 Å². The Balaban J connectivity index is 2.80. The van der Waals surface area contributed by atoms with E-state index in [1.807, 2.05) is 0 Å². The van der Waals surface area contributed by atoms with Gasteiger partial charge in [0.15, 0.2) is 12.4 Å². The Bertz CT molecular complexity index is 421. The fraction of sp³-hybridized carbons (Fsp3) is 0.400. The van der Waals surface area contributed by atoms with E-state index in [-0.39, 0.29) is 28.7 Å². The van der Waals surface area contributed by atoms with Gasteiger partial charge in [-0.3, -0.25) is 4.79 Å². The summed E-state index contributed by atoms with van der Waals surface area (Å²) < 4.78 is 40.0. The molecule has 0 unspecified atom stereocenters. The Kier molecular flexibility index (Phi) is 4.34. The van der Waals surface area contributed by atoms with Crippen molar-refractivity contribution < 1.29 is 22.7 Å². The Morgan fingerprint density at radius 1 is 1.53 bits per heavy atom. The quantitative estimate of drug-likeness (QED) is 0.786. The van der Waals surface area contributed by atoms with Crippen molar-refractivity contribution in [3.63, 3.8) is 0 Å². The predicted octanol–water partition coefficient (Wildman–Crippen LogP) is 3.27. The Labute approximate surface area is 101 Å². The van der Waals surface area contributed by atoms with Crippen molar-refractivity contribution in [2.45, 2.75) is 19.5 Å². The van der Waals surface area contributed by atoms with Gasteiger partial charge in [-0.1, -0.05) is 18.5 Å². The van der Waals surface area contributed by atoms with Crippen LogP contribution in [-0.4, -0.2) is 23.6 Å². The molecule has 0 fully saturated rings. The molecule has 0 N–H and O–H groups in total. The summed E-state index contributed by atoms with van der Waals surface area (Å²) in [6, 6.07) is 1.24. The Morgan fingerprint density at radius 2 is 2.18 bits per heavy atom. The van der Waals surface area contributed by atoms with Crippen molar-refractivity contribution in [1.82, 2.24) is 4.98 Å². The normalized spacial score (nSPS) is 11.4. The van der Waals surface area contributed by atoms with E-state index in [2.05, 4.69) is 9.72 Å². The monoisotopic (exact) mass is 267 g/mol. The fourth-order valence-corrected chi connectivity index (χ4v) is 1.26. The maximum absolute atomic E-state index is 11.9. The standard InChI is InChI=1S/C10H9ClF3NO2/c1-2-8(16)6-3-7(11)9(15-4-6)17-5-10(12,13)14/h3-4H,2,5H2,1H3. The zero-order valence-corrected chi connectivity index (χ0v) is 9.60. The molecule has 7 heteroatoms. The van der Waals surface area contributed by atoms with Crippen molar-refractivity contribution in [2.75, 3.05) is 6.61 Å². The summed E-state index contributed by atoms with van der Waals surface area (Å²) in [7, 11) is 0. The molecule has 1 aromatic heterocycles. The highest BCUT2D eigenvalue weighted by Gasteiger charge is 2.29. The van der Waals surface area contributed by atoms with E-state index in [0.29, 0.717) is 0 Å². The second-order valence-electron chi connectivity index (χ2n) is 3.19. The maximum atomic E-state index is 11.9. The molecule has 0 saturated heterocycles. The first-order valence-corrected chi connectivity index (χ1v) is 5.09. The molecule has 0 spiro atoms. The van der Waals surface area contributed by atoms with Gasteiger partial charge in [0.05, 0.1) is 0 Å². The Morgan fingerprint density at radius 3 is 2.65 bits per heavy atom. The first kappa shape index (κ1) is 13.8. The molecule has 0 atom stereocenters. The summed E-state index contributed by atoms with van der Waals surface area (Å²) in [6.45, 7) is 0.186. The van der Waals surface area contributed by atoms with Crippen molar-refractivity contribution in [2.24, 2.45) is 0 Å². The largest absolute Gasteiger partial charge is 0.467 e. The molecule has 94 valence electrons. The number of ether oxygens (including phenoxy) is 1. The van der Waals surface area contributed by atoms with Crippen LogP contribution in [0, 0.1) is 0 Å². The zero-order valence-electron chi connectivity index (χ0n) is 8.84. The summed E-state index contributed by atoms with van der Waals surface area (Å²) in [4.78, 5) is 14.8. The lowest BCUT2D eigenvalue weighted by Gasteiger charge is -2.09. The Hall–Kier alpha value is -1.30. The third-order valence-corrected chi connectivity index (χ3v) is 2.09. The van der Waals surface area contributed by atoms with Crippen LogP contribution in [0.15, 0.2) is 12.3 Å². The van der Waals surface area contributed by atoms with Crippen LogP contribution in [0.2, 0.25) is 5.02 Å². The molecule has 0 amide bonds. The van der Waals surface area contributed by atoms with Gasteiger partial charge < -0.3 is 4.74 Å². The molecule has 1 aromatic rings. The van der Waals surface area contributed by atoms with E-state index in [9.17, 15) is 18.0 Å². The van der Waals surface area contributed by atoms with Gasteiger partial charge in [-0.25, -0.2) is 4.98 Å². The number of nitrogens with zero attached hydrogens (tertiary/aromatic N) is 1. The van der Waals surface area contributed by atoms with Crippen molar-refractivity contribution >= 4 is 17.4 Å². The van der Waals surface area contributed by atoms with Gasteiger partial charge in [0, 0.05) is 18.2 Å². The molecular weight excluding hydrogens is 259 g/mol. The van der Waals surface area contributed by atoms with Gasteiger partial charge in [0.2, 0.25) is 5.88 Å². The number of carbonyl (C=O) groups excluding carboxylic acids is 1. The molecule has 0 saturated carbocycles. The van der Waals surface area contributed by atoms with Gasteiger partial charge in [-0.05, 0) is 6.07 Å². The summed E-state index contributed by atoms with van der Waals surface area (Å²) in [5, 5.41) is -0.117. The van der Waals surface area contributed by atoms with Crippen LogP contribution < -0.4 is 4.74 Å². The van der Waals surface area contributed by atoms with Crippen LogP contribution in [0.3, 0.4) is 0 Å². The van der Waals surface area contributed by atoms with E-state index in [1.165, 1.54) is 6.07 Å². The lowest BCUT2D eigenvalue weighted by Crippen LogP contribution is -2.19.